The first-order chi connectivity index (χ1) is 20.4. The zero-order chi connectivity index (χ0) is 30.0. The van der Waals surface area contributed by atoms with Gasteiger partial charge in [0.25, 0.3) is 0 Å². The van der Waals surface area contributed by atoms with Gasteiger partial charge in [-0.05, 0) is 59.9 Å². The molecule has 42 heavy (non-hydrogen) atoms. The summed E-state index contributed by atoms with van der Waals surface area (Å²) < 4.78 is 27.8. The van der Waals surface area contributed by atoms with Gasteiger partial charge < -0.3 is 29.0 Å². The first-order valence-corrected chi connectivity index (χ1v) is 13.8. The summed E-state index contributed by atoms with van der Waals surface area (Å²) in [6, 6.07) is 16.3. The number of ketones is 1. The van der Waals surface area contributed by atoms with Crippen LogP contribution >= 0.6 is 0 Å². The molecule has 3 aromatic carbocycles. The summed E-state index contributed by atoms with van der Waals surface area (Å²) >= 11 is 0. The smallest absolute Gasteiger partial charge is 0.227 e. The first kappa shape index (κ1) is 28.9. The Bertz CT molecular complexity index is 1520. The molecular formula is C33H36N2O7. The fourth-order valence-corrected chi connectivity index (χ4v) is 5.95. The van der Waals surface area contributed by atoms with E-state index in [9.17, 15) is 9.59 Å². The van der Waals surface area contributed by atoms with Gasteiger partial charge in [-0.1, -0.05) is 25.1 Å². The molecule has 1 amide bonds. The van der Waals surface area contributed by atoms with Crippen molar-refractivity contribution in [3.8, 4) is 28.7 Å². The predicted molar refractivity (Wildman–Crippen MR) is 160 cm³/mol. The van der Waals surface area contributed by atoms with Gasteiger partial charge in [0.05, 0.1) is 53.0 Å². The van der Waals surface area contributed by atoms with Crippen LogP contribution in [0.25, 0.3) is 0 Å². The third kappa shape index (κ3) is 5.00. The monoisotopic (exact) mass is 572 g/mol. The Hall–Kier alpha value is -4.66. The molecule has 0 saturated carbocycles. The van der Waals surface area contributed by atoms with Crippen molar-refractivity contribution < 1.29 is 33.3 Å². The third-order valence-electron chi connectivity index (χ3n) is 7.94. The summed E-state index contributed by atoms with van der Waals surface area (Å²) in [6.07, 6.45) is 1.04. The summed E-state index contributed by atoms with van der Waals surface area (Å²) in [5.74, 6) is 2.32. The minimum absolute atomic E-state index is 0.0519. The number of methoxy groups -OCH3 is 5. The number of amides is 1. The zero-order valence-electron chi connectivity index (χ0n) is 24.8. The van der Waals surface area contributed by atoms with Crippen molar-refractivity contribution in [3.05, 3.63) is 77.0 Å². The number of rotatable bonds is 8. The Labute approximate surface area is 246 Å². The van der Waals surface area contributed by atoms with E-state index >= 15 is 0 Å². The highest BCUT2D eigenvalue weighted by Gasteiger charge is 2.41. The Morgan fingerprint density at radius 1 is 0.810 bits per heavy atom. The van der Waals surface area contributed by atoms with Gasteiger partial charge in [0.15, 0.2) is 28.8 Å². The van der Waals surface area contributed by atoms with Crippen LogP contribution in [0.2, 0.25) is 0 Å². The van der Waals surface area contributed by atoms with Gasteiger partial charge in [0, 0.05) is 24.1 Å². The van der Waals surface area contributed by atoms with E-state index in [0.717, 1.165) is 22.5 Å². The number of carbonyl (C=O) groups excluding carboxylic acids is 2. The third-order valence-corrected chi connectivity index (χ3v) is 7.94. The average Bonchev–Trinajstić information content (AvgIpc) is 3.17. The van der Waals surface area contributed by atoms with Crippen LogP contribution in [0.1, 0.15) is 49.3 Å². The molecule has 3 aromatic rings. The highest BCUT2D eigenvalue weighted by atomic mass is 16.5. The van der Waals surface area contributed by atoms with Gasteiger partial charge in [-0.25, -0.2) is 0 Å². The molecule has 0 radical (unpaired) electrons. The van der Waals surface area contributed by atoms with Crippen molar-refractivity contribution in [3.63, 3.8) is 0 Å². The number of para-hydroxylation sites is 2. The molecule has 5 rings (SSSR count). The van der Waals surface area contributed by atoms with E-state index in [2.05, 4.69) is 5.32 Å². The minimum Gasteiger partial charge on any atom is -0.493 e. The molecule has 0 bridgehead atoms. The van der Waals surface area contributed by atoms with Crippen molar-refractivity contribution in [1.29, 1.82) is 0 Å². The molecule has 0 saturated heterocycles. The van der Waals surface area contributed by atoms with E-state index in [-0.39, 0.29) is 30.4 Å². The van der Waals surface area contributed by atoms with E-state index in [1.54, 1.807) is 46.5 Å². The summed E-state index contributed by atoms with van der Waals surface area (Å²) in [7, 11) is 7.85. The lowest BCUT2D eigenvalue weighted by Crippen LogP contribution is -2.38. The second-order valence-electron chi connectivity index (χ2n) is 10.2. The number of ether oxygens (including phenoxy) is 5. The van der Waals surface area contributed by atoms with Gasteiger partial charge in [0.2, 0.25) is 11.7 Å². The van der Waals surface area contributed by atoms with Crippen molar-refractivity contribution in [2.45, 2.75) is 38.1 Å². The molecule has 1 heterocycles. The van der Waals surface area contributed by atoms with E-state index in [0.29, 0.717) is 46.4 Å². The summed E-state index contributed by atoms with van der Waals surface area (Å²) in [4.78, 5) is 29.7. The highest BCUT2D eigenvalue weighted by molar-refractivity contribution is 6.06. The Morgan fingerprint density at radius 2 is 1.45 bits per heavy atom. The zero-order valence-corrected chi connectivity index (χ0v) is 24.8. The first-order valence-electron chi connectivity index (χ1n) is 13.8. The maximum absolute atomic E-state index is 14.3. The number of anilines is 2. The number of benzene rings is 3. The molecule has 0 unspecified atom stereocenters. The predicted octanol–water partition coefficient (Wildman–Crippen LogP) is 6.04. The summed E-state index contributed by atoms with van der Waals surface area (Å²) in [5, 5.41) is 3.55. The fraction of sp³-hybridized carbons (Fsp3) is 0.333. The number of hydrogen-bond acceptors (Lipinski definition) is 8. The van der Waals surface area contributed by atoms with E-state index in [1.807, 2.05) is 55.5 Å². The molecule has 0 fully saturated rings. The van der Waals surface area contributed by atoms with Crippen LogP contribution in [-0.4, -0.2) is 47.2 Å². The lowest BCUT2D eigenvalue weighted by molar-refractivity contribution is -0.119. The minimum atomic E-state index is -0.670. The quantitative estimate of drug-likeness (QED) is 0.349. The number of carbonyl (C=O) groups is 2. The van der Waals surface area contributed by atoms with Crippen LogP contribution < -0.4 is 33.9 Å². The van der Waals surface area contributed by atoms with Crippen molar-refractivity contribution in [1.82, 2.24) is 0 Å². The molecular weight excluding hydrogens is 536 g/mol. The van der Waals surface area contributed by atoms with Crippen molar-refractivity contribution >= 4 is 23.1 Å². The second-order valence-corrected chi connectivity index (χ2v) is 10.2. The number of nitrogens with one attached hydrogen (secondary N) is 1. The molecule has 2 atom stereocenters. The van der Waals surface area contributed by atoms with Gasteiger partial charge >= 0.3 is 0 Å². The number of fused-ring (bicyclic) bond motifs is 1. The fourth-order valence-electron chi connectivity index (χ4n) is 5.95. The summed E-state index contributed by atoms with van der Waals surface area (Å²) in [5.41, 5.74) is 4.43. The van der Waals surface area contributed by atoms with Crippen molar-refractivity contribution in [2.24, 2.45) is 0 Å². The Kier molecular flexibility index (Phi) is 8.29. The number of Topliss-reactive ketones (excluding diaryl/α,β-unsaturated/α-hetero) is 1. The van der Waals surface area contributed by atoms with Crippen LogP contribution in [0.4, 0.5) is 11.4 Å². The lowest BCUT2D eigenvalue weighted by Gasteiger charge is -2.35. The van der Waals surface area contributed by atoms with Crippen molar-refractivity contribution in [2.75, 3.05) is 45.8 Å². The highest BCUT2D eigenvalue weighted by Crippen LogP contribution is 2.50. The molecule has 2 aliphatic rings. The van der Waals surface area contributed by atoms with Gasteiger partial charge in [-0.2, -0.15) is 0 Å². The Morgan fingerprint density at radius 3 is 2.07 bits per heavy atom. The number of nitrogens with zero attached hydrogens (tertiary/aromatic N) is 1. The van der Waals surface area contributed by atoms with Gasteiger partial charge in [-0.15, -0.1) is 0 Å². The lowest BCUT2D eigenvalue weighted by atomic mass is 9.78. The molecule has 9 heteroatoms. The normalized spacial score (nSPS) is 17.9. The van der Waals surface area contributed by atoms with E-state index in [4.69, 9.17) is 23.7 Å². The maximum atomic E-state index is 14.3. The van der Waals surface area contributed by atoms with Gasteiger partial charge in [-0.3, -0.25) is 14.5 Å². The standard InChI is InChI=1S/C33H36N2O7/c1-7-30(37)35-24-11-9-8-10-22(24)34-23-14-20(21-17-28(40-4)33(42-6)29(18-21)41-5)15-25(36)31(23)32(35)19-12-13-26(38-2)27(16-19)39-3/h8-13,16-18,20,32,34H,7,14-15H2,1-6H3/t20-,32+/m1/s1. The van der Waals surface area contributed by atoms with E-state index < -0.39 is 6.04 Å². The van der Waals surface area contributed by atoms with Crippen LogP contribution in [-0.2, 0) is 9.59 Å². The largest absolute Gasteiger partial charge is 0.493 e. The second kappa shape index (κ2) is 12.1. The average molecular weight is 573 g/mol. The number of allylic oxidation sites excluding steroid dienone is 1. The molecule has 0 aromatic heterocycles. The summed E-state index contributed by atoms with van der Waals surface area (Å²) in [6.45, 7) is 1.83. The maximum Gasteiger partial charge on any atom is 0.227 e. The van der Waals surface area contributed by atoms with Crippen LogP contribution in [0.3, 0.4) is 0 Å². The van der Waals surface area contributed by atoms with Crippen LogP contribution in [0, 0.1) is 0 Å². The van der Waals surface area contributed by atoms with E-state index in [1.165, 1.54) is 0 Å². The van der Waals surface area contributed by atoms with Crippen LogP contribution in [0.5, 0.6) is 28.7 Å². The number of hydrogen-bond donors (Lipinski definition) is 1. The molecule has 1 N–H and O–H groups in total. The Balaban J connectivity index is 1.70. The molecule has 9 nitrogen and oxygen atoms in total. The molecule has 1 aliphatic carbocycles. The molecule has 0 spiro atoms. The SMILES string of the molecule is CCC(=O)N1c2ccccc2NC2=C(C(=O)C[C@H](c3cc(OC)c(OC)c(OC)c3)C2)[C@@H]1c1ccc(OC)c(OC)c1. The van der Waals surface area contributed by atoms with Crippen LogP contribution in [0.15, 0.2) is 65.9 Å². The molecule has 220 valence electrons. The van der Waals surface area contributed by atoms with Gasteiger partial charge in [0.1, 0.15) is 0 Å². The topological polar surface area (TPSA) is 95.6 Å². The molecule has 1 aliphatic heterocycles.